The zero-order valence-electron chi connectivity index (χ0n) is 17.8. The highest BCUT2D eigenvalue weighted by molar-refractivity contribution is 6.32. The minimum absolute atomic E-state index is 0.132. The quantitative estimate of drug-likeness (QED) is 0.487. The Bertz CT molecular complexity index is 1040. The molecule has 0 radical (unpaired) electrons. The number of nitrogens with zero attached hydrogens (tertiary/aromatic N) is 3. The van der Waals surface area contributed by atoms with Gasteiger partial charge in [0, 0.05) is 13.1 Å². The summed E-state index contributed by atoms with van der Waals surface area (Å²) in [5.74, 6) is 2.09. The van der Waals surface area contributed by atoms with E-state index in [1.807, 2.05) is 6.92 Å². The highest BCUT2D eigenvalue weighted by Gasteiger charge is 2.25. The summed E-state index contributed by atoms with van der Waals surface area (Å²) in [6.07, 6.45) is -0.207. The molecule has 1 heterocycles. The Morgan fingerprint density at radius 1 is 1.16 bits per heavy atom. The SMILES string of the molecule is CCC(Oc1ccccc1Cl)C(=O)N(C)Cc1nc(-c2ccc(OC)cc2OC)no1. The van der Waals surface area contributed by atoms with Crippen molar-refractivity contribution < 1.29 is 23.5 Å². The van der Waals surface area contributed by atoms with Crippen molar-refractivity contribution in [3.8, 4) is 28.6 Å². The summed E-state index contributed by atoms with van der Waals surface area (Å²) in [5.41, 5.74) is 0.653. The normalized spacial score (nSPS) is 11.6. The summed E-state index contributed by atoms with van der Waals surface area (Å²) in [7, 11) is 4.78. The van der Waals surface area contributed by atoms with E-state index in [-0.39, 0.29) is 18.3 Å². The number of aromatic nitrogens is 2. The predicted molar refractivity (Wildman–Crippen MR) is 115 cm³/mol. The van der Waals surface area contributed by atoms with Gasteiger partial charge >= 0.3 is 0 Å². The molecule has 0 spiro atoms. The Hall–Kier alpha value is -3.26. The lowest BCUT2D eigenvalue weighted by Crippen LogP contribution is -2.39. The molecule has 0 aliphatic rings. The van der Waals surface area contributed by atoms with Crippen LogP contribution in [0.2, 0.25) is 5.02 Å². The molecule has 0 bridgehead atoms. The molecule has 0 fully saturated rings. The molecule has 0 saturated carbocycles. The lowest BCUT2D eigenvalue weighted by molar-refractivity contribution is -0.138. The van der Waals surface area contributed by atoms with Crippen LogP contribution in [0.5, 0.6) is 17.2 Å². The Morgan fingerprint density at radius 2 is 1.94 bits per heavy atom. The van der Waals surface area contributed by atoms with Gasteiger partial charge in [-0.3, -0.25) is 4.79 Å². The minimum atomic E-state index is -0.686. The second-order valence-electron chi connectivity index (χ2n) is 6.72. The number of methoxy groups -OCH3 is 2. The first-order chi connectivity index (χ1) is 15.0. The second-order valence-corrected chi connectivity index (χ2v) is 7.12. The van der Waals surface area contributed by atoms with Crippen molar-refractivity contribution in [2.75, 3.05) is 21.3 Å². The van der Waals surface area contributed by atoms with Crippen molar-refractivity contribution in [2.45, 2.75) is 26.0 Å². The summed E-state index contributed by atoms with van der Waals surface area (Å²) >= 11 is 6.14. The molecule has 0 saturated heterocycles. The van der Waals surface area contributed by atoms with Crippen molar-refractivity contribution >= 4 is 17.5 Å². The average Bonchev–Trinajstić information content (AvgIpc) is 3.25. The van der Waals surface area contributed by atoms with E-state index in [0.29, 0.717) is 40.1 Å². The lowest BCUT2D eigenvalue weighted by atomic mass is 10.2. The zero-order chi connectivity index (χ0) is 22.4. The molecule has 1 amide bonds. The monoisotopic (exact) mass is 445 g/mol. The van der Waals surface area contributed by atoms with Gasteiger partial charge in [-0.25, -0.2) is 0 Å². The molecule has 1 aromatic heterocycles. The van der Waals surface area contributed by atoms with Crippen LogP contribution < -0.4 is 14.2 Å². The number of para-hydroxylation sites is 1. The third-order valence-corrected chi connectivity index (χ3v) is 4.93. The summed E-state index contributed by atoms with van der Waals surface area (Å²) in [6, 6.07) is 12.3. The van der Waals surface area contributed by atoms with Crippen molar-refractivity contribution in [1.29, 1.82) is 0 Å². The molecule has 8 nitrogen and oxygen atoms in total. The fourth-order valence-corrected chi connectivity index (χ4v) is 3.12. The van der Waals surface area contributed by atoms with E-state index in [1.165, 1.54) is 4.90 Å². The first kappa shape index (κ1) is 22.4. The number of carbonyl (C=O) groups is 1. The summed E-state index contributed by atoms with van der Waals surface area (Å²) in [6.45, 7) is 2.00. The maximum absolute atomic E-state index is 12.9. The van der Waals surface area contributed by atoms with Gasteiger partial charge in [-0.05, 0) is 30.7 Å². The maximum Gasteiger partial charge on any atom is 0.263 e. The smallest absolute Gasteiger partial charge is 0.263 e. The van der Waals surface area contributed by atoms with E-state index < -0.39 is 6.10 Å². The molecule has 3 rings (SSSR count). The van der Waals surface area contributed by atoms with Crippen LogP contribution >= 0.6 is 11.6 Å². The lowest BCUT2D eigenvalue weighted by Gasteiger charge is -2.23. The standard InChI is InChI=1S/C22H24ClN3O5/c1-5-17(30-18-9-7-6-8-16(18)23)22(27)26(2)13-20-24-21(25-31-20)15-11-10-14(28-3)12-19(15)29-4/h6-12,17H,5,13H2,1-4H3. The fourth-order valence-electron chi connectivity index (χ4n) is 2.94. The number of hydrogen-bond donors (Lipinski definition) is 0. The predicted octanol–water partition coefficient (Wildman–Crippen LogP) is 4.22. The molecular weight excluding hydrogens is 422 g/mol. The van der Waals surface area contributed by atoms with Crippen LogP contribution in [-0.2, 0) is 11.3 Å². The molecular formula is C22H24ClN3O5. The first-order valence-electron chi connectivity index (χ1n) is 9.68. The number of hydrogen-bond acceptors (Lipinski definition) is 7. The van der Waals surface area contributed by atoms with Crippen LogP contribution in [-0.4, -0.2) is 48.3 Å². The summed E-state index contributed by atoms with van der Waals surface area (Å²) in [4.78, 5) is 18.8. The average molecular weight is 446 g/mol. The van der Waals surface area contributed by atoms with Crippen molar-refractivity contribution in [3.63, 3.8) is 0 Å². The van der Waals surface area contributed by atoms with Crippen LogP contribution in [0, 0.1) is 0 Å². The van der Waals surface area contributed by atoms with Gasteiger partial charge < -0.3 is 23.6 Å². The molecule has 9 heteroatoms. The van der Waals surface area contributed by atoms with Crippen molar-refractivity contribution in [3.05, 3.63) is 53.4 Å². The van der Waals surface area contributed by atoms with Gasteiger partial charge in [-0.2, -0.15) is 4.98 Å². The number of halogens is 1. The van der Waals surface area contributed by atoms with Gasteiger partial charge in [-0.15, -0.1) is 0 Å². The maximum atomic E-state index is 12.9. The van der Waals surface area contributed by atoms with E-state index in [4.69, 9.17) is 30.3 Å². The van der Waals surface area contributed by atoms with E-state index in [1.54, 1.807) is 63.7 Å². The molecule has 3 aromatic rings. The second kappa shape index (κ2) is 10.2. The summed E-state index contributed by atoms with van der Waals surface area (Å²) in [5, 5.41) is 4.46. The zero-order valence-corrected chi connectivity index (χ0v) is 18.5. The highest BCUT2D eigenvalue weighted by Crippen LogP contribution is 2.31. The number of amides is 1. The Morgan fingerprint density at radius 3 is 2.61 bits per heavy atom. The Labute approximate surface area is 185 Å². The third kappa shape index (κ3) is 5.27. The topological polar surface area (TPSA) is 86.9 Å². The number of likely N-dealkylation sites (N-methyl/N-ethyl adjacent to an activating group) is 1. The van der Waals surface area contributed by atoms with E-state index in [9.17, 15) is 4.79 Å². The molecule has 1 unspecified atom stereocenters. The first-order valence-corrected chi connectivity index (χ1v) is 10.1. The van der Waals surface area contributed by atoms with Crippen molar-refractivity contribution in [1.82, 2.24) is 15.0 Å². The third-order valence-electron chi connectivity index (χ3n) is 4.62. The number of carbonyl (C=O) groups excluding carboxylic acids is 1. The van der Waals surface area contributed by atoms with Crippen LogP contribution in [0.3, 0.4) is 0 Å². The number of benzene rings is 2. The summed E-state index contributed by atoms with van der Waals surface area (Å²) < 4.78 is 21.8. The Kier molecular flexibility index (Phi) is 7.36. The van der Waals surface area contributed by atoms with Gasteiger partial charge in [-0.1, -0.05) is 35.8 Å². The van der Waals surface area contributed by atoms with Gasteiger partial charge in [0.15, 0.2) is 6.10 Å². The van der Waals surface area contributed by atoms with Gasteiger partial charge in [0.2, 0.25) is 11.7 Å². The van der Waals surface area contributed by atoms with Crippen LogP contribution in [0.4, 0.5) is 0 Å². The van der Waals surface area contributed by atoms with Gasteiger partial charge in [0.25, 0.3) is 5.91 Å². The molecule has 0 aliphatic heterocycles. The van der Waals surface area contributed by atoms with Crippen LogP contribution in [0.1, 0.15) is 19.2 Å². The number of ether oxygens (including phenoxy) is 3. The number of rotatable bonds is 9. The largest absolute Gasteiger partial charge is 0.497 e. The van der Waals surface area contributed by atoms with E-state index in [2.05, 4.69) is 10.1 Å². The molecule has 31 heavy (non-hydrogen) atoms. The fraction of sp³-hybridized carbons (Fsp3) is 0.318. The highest BCUT2D eigenvalue weighted by atomic mass is 35.5. The molecule has 164 valence electrons. The Balaban J connectivity index is 1.71. The minimum Gasteiger partial charge on any atom is -0.497 e. The molecule has 2 aromatic carbocycles. The van der Waals surface area contributed by atoms with Crippen molar-refractivity contribution in [2.24, 2.45) is 0 Å². The van der Waals surface area contributed by atoms with E-state index >= 15 is 0 Å². The molecule has 1 atom stereocenters. The van der Waals surface area contributed by atoms with Gasteiger partial charge in [0.05, 0.1) is 31.4 Å². The van der Waals surface area contributed by atoms with Crippen LogP contribution in [0.15, 0.2) is 47.0 Å². The molecule has 0 aliphatic carbocycles. The van der Waals surface area contributed by atoms with Crippen LogP contribution in [0.25, 0.3) is 11.4 Å². The van der Waals surface area contributed by atoms with E-state index in [0.717, 1.165) is 0 Å². The van der Waals surface area contributed by atoms with Gasteiger partial charge in [0.1, 0.15) is 17.2 Å². The molecule has 0 N–H and O–H groups in total.